The molecule has 0 aliphatic heterocycles. The van der Waals surface area contributed by atoms with Crippen molar-refractivity contribution in [1.29, 1.82) is 0 Å². The maximum absolute atomic E-state index is 13.8. The monoisotopic (exact) mass is 299 g/mol. The molecular formula is C13H15F2N3O3. The van der Waals surface area contributed by atoms with E-state index >= 15 is 0 Å². The minimum atomic E-state index is -1.19. The first-order valence-corrected chi connectivity index (χ1v) is 6.46. The van der Waals surface area contributed by atoms with E-state index in [1.54, 1.807) is 6.92 Å². The van der Waals surface area contributed by atoms with E-state index in [-0.39, 0.29) is 0 Å². The molecule has 21 heavy (non-hydrogen) atoms. The highest BCUT2D eigenvalue weighted by atomic mass is 19.1. The van der Waals surface area contributed by atoms with E-state index in [9.17, 15) is 23.7 Å². The van der Waals surface area contributed by atoms with Crippen LogP contribution in [0, 0.1) is 27.2 Å². The number of hydrogen-bond donors (Lipinski definition) is 2. The van der Waals surface area contributed by atoms with Crippen LogP contribution in [0.5, 0.6) is 0 Å². The molecule has 0 radical (unpaired) electrons. The van der Waals surface area contributed by atoms with Gasteiger partial charge in [-0.3, -0.25) is 14.9 Å². The smallest absolute Gasteiger partial charge is 0.298 e. The lowest BCUT2D eigenvalue weighted by molar-refractivity contribution is -0.384. The summed E-state index contributed by atoms with van der Waals surface area (Å²) in [4.78, 5) is 22.2. The molecule has 1 aliphatic rings. The summed E-state index contributed by atoms with van der Waals surface area (Å²) in [6.45, 7) is 1.63. The van der Waals surface area contributed by atoms with Crippen LogP contribution >= 0.6 is 0 Å². The highest BCUT2D eigenvalue weighted by molar-refractivity contribution is 5.97. The summed E-state index contributed by atoms with van der Waals surface area (Å²) in [7, 11) is 0. The zero-order valence-corrected chi connectivity index (χ0v) is 11.4. The third-order valence-electron chi connectivity index (χ3n) is 4.02. The fourth-order valence-corrected chi connectivity index (χ4v) is 2.56. The zero-order valence-electron chi connectivity index (χ0n) is 11.4. The molecule has 8 heteroatoms. The lowest BCUT2D eigenvalue weighted by Crippen LogP contribution is -2.44. The summed E-state index contributed by atoms with van der Waals surface area (Å²) < 4.78 is 26.8. The number of anilines is 1. The molecule has 3 N–H and O–H groups in total. The van der Waals surface area contributed by atoms with E-state index in [1.807, 2.05) is 0 Å². The summed E-state index contributed by atoms with van der Waals surface area (Å²) in [6, 6.07) is 0.648. The molecule has 0 bridgehead atoms. The Bertz CT molecular complexity index is 609. The van der Waals surface area contributed by atoms with Gasteiger partial charge in [0.25, 0.3) is 5.69 Å². The summed E-state index contributed by atoms with van der Waals surface area (Å²) >= 11 is 0. The summed E-state index contributed by atoms with van der Waals surface area (Å²) in [6.07, 6.45) is 1.91. The fraction of sp³-hybridized carbons (Fsp3) is 0.462. The Labute approximate surface area is 119 Å². The van der Waals surface area contributed by atoms with Crippen molar-refractivity contribution in [3.8, 4) is 0 Å². The molecule has 1 aromatic rings. The average Bonchev–Trinajstić information content (AvgIpc) is 2.73. The summed E-state index contributed by atoms with van der Waals surface area (Å²) in [5.74, 6) is -2.87. The Morgan fingerprint density at radius 2 is 2.19 bits per heavy atom. The van der Waals surface area contributed by atoms with Gasteiger partial charge in [-0.1, -0.05) is 6.42 Å². The van der Waals surface area contributed by atoms with Gasteiger partial charge < -0.3 is 11.1 Å². The molecule has 0 aromatic heterocycles. The third kappa shape index (κ3) is 2.71. The van der Waals surface area contributed by atoms with Gasteiger partial charge in [-0.15, -0.1) is 0 Å². The predicted molar refractivity (Wildman–Crippen MR) is 71.6 cm³/mol. The normalized spacial score (nSPS) is 24.9. The van der Waals surface area contributed by atoms with Crippen molar-refractivity contribution < 1.29 is 18.5 Å². The quantitative estimate of drug-likeness (QED) is 0.661. The van der Waals surface area contributed by atoms with Crippen molar-refractivity contribution in [1.82, 2.24) is 0 Å². The Hall–Kier alpha value is -2.09. The number of carbonyl (C=O) groups is 1. The Balaban J connectivity index is 2.36. The van der Waals surface area contributed by atoms with E-state index in [4.69, 9.17) is 5.73 Å². The minimum Gasteiger partial charge on any atom is -0.327 e. The molecule has 0 saturated heterocycles. The topological polar surface area (TPSA) is 98.3 Å². The van der Waals surface area contributed by atoms with Crippen LogP contribution in [0.4, 0.5) is 20.2 Å². The number of nitrogens with zero attached hydrogens (tertiary/aromatic N) is 1. The first kappa shape index (κ1) is 15.3. The Morgan fingerprint density at radius 1 is 1.52 bits per heavy atom. The van der Waals surface area contributed by atoms with Crippen molar-refractivity contribution in [3.63, 3.8) is 0 Å². The van der Waals surface area contributed by atoms with Crippen molar-refractivity contribution >= 4 is 17.3 Å². The lowest BCUT2D eigenvalue weighted by atomic mass is 9.84. The first-order valence-electron chi connectivity index (χ1n) is 6.46. The number of nitrogens with one attached hydrogen (secondary N) is 1. The number of nitrogens with two attached hydrogens (primary N) is 1. The van der Waals surface area contributed by atoms with E-state index in [0.717, 1.165) is 6.42 Å². The molecular weight excluding hydrogens is 284 g/mol. The van der Waals surface area contributed by atoms with Crippen LogP contribution in [0.3, 0.4) is 0 Å². The zero-order chi connectivity index (χ0) is 15.8. The number of benzene rings is 1. The second-order valence-electron chi connectivity index (χ2n) is 5.41. The molecule has 0 spiro atoms. The molecule has 2 rings (SSSR count). The van der Waals surface area contributed by atoms with E-state index in [2.05, 4.69) is 5.32 Å². The van der Waals surface area contributed by atoms with Gasteiger partial charge in [-0.2, -0.15) is 0 Å². The maximum atomic E-state index is 13.8. The van der Waals surface area contributed by atoms with Gasteiger partial charge in [0.1, 0.15) is 5.82 Å². The summed E-state index contributed by atoms with van der Waals surface area (Å²) in [5.41, 5.74) is 3.50. The molecule has 1 aliphatic carbocycles. The number of amides is 1. The SMILES string of the molecule is CC1(C(=O)Nc2c(F)cc(F)cc2[N+](=O)[O-])CCCC1N. The van der Waals surface area contributed by atoms with Gasteiger partial charge in [0, 0.05) is 12.1 Å². The molecule has 0 heterocycles. The minimum absolute atomic E-state index is 0.403. The number of rotatable bonds is 3. The van der Waals surface area contributed by atoms with Gasteiger partial charge in [0.05, 0.1) is 16.4 Å². The largest absolute Gasteiger partial charge is 0.327 e. The number of hydrogen-bond acceptors (Lipinski definition) is 4. The van der Waals surface area contributed by atoms with E-state index in [0.29, 0.717) is 25.0 Å². The van der Waals surface area contributed by atoms with Gasteiger partial charge >= 0.3 is 0 Å². The predicted octanol–water partition coefficient (Wildman–Crippen LogP) is 2.33. The van der Waals surface area contributed by atoms with Gasteiger partial charge in [-0.05, 0) is 19.8 Å². The highest BCUT2D eigenvalue weighted by Gasteiger charge is 2.43. The average molecular weight is 299 g/mol. The van der Waals surface area contributed by atoms with E-state index < -0.39 is 45.3 Å². The van der Waals surface area contributed by atoms with Crippen LogP contribution in [0.25, 0.3) is 0 Å². The van der Waals surface area contributed by atoms with Crippen LogP contribution in [0.1, 0.15) is 26.2 Å². The molecule has 114 valence electrons. The number of nitro benzene ring substituents is 1. The lowest BCUT2D eigenvalue weighted by Gasteiger charge is -2.27. The number of nitro groups is 1. The second-order valence-corrected chi connectivity index (χ2v) is 5.41. The van der Waals surface area contributed by atoms with Gasteiger partial charge in [0.15, 0.2) is 11.5 Å². The first-order chi connectivity index (χ1) is 9.75. The second kappa shape index (κ2) is 5.36. The van der Waals surface area contributed by atoms with Crippen molar-refractivity contribution in [3.05, 3.63) is 33.9 Å². The molecule has 1 amide bonds. The molecule has 1 fully saturated rings. The van der Waals surface area contributed by atoms with Crippen LogP contribution in [0.2, 0.25) is 0 Å². The molecule has 6 nitrogen and oxygen atoms in total. The van der Waals surface area contributed by atoms with Crippen molar-refractivity contribution in [2.75, 3.05) is 5.32 Å². The van der Waals surface area contributed by atoms with Gasteiger partial charge in [-0.25, -0.2) is 8.78 Å². The van der Waals surface area contributed by atoms with Crippen molar-refractivity contribution in [2.24, 2.45) is 11.1 Å². The fourth-order valence-electron chi connectivity index (χ4n) is 2.56. The van der Waals surface area contributed by atoms with Crippen LogP contribution in [0.15, 0.2) is 12.1 Å². The number of carbonyl (C=O) groups excluding carboxylic acids is 1. The summed E-state index contributed by atoms with van der Waals surface area (Å²) in [5, 5.41) is 13.1. The molecule has 2 unspecified atom stereocenters. The van der Waals surface area contributed by atoms with Gasteiger partial charge in [0.2, 0.25) is 5.91 Å². The Kier molecular flexibility index (Phi) is 3.91. The highest BCUT2D eigenvalue weighted by Crippen LogP contribution is 2.39. The van der Waals surface area contributed by atoms with Crippen LogP contribution in [-0.4, -0.2) is 16.9 Å². The third-order valence-corrected chi connectivity index (χ3v) is 4.02. The Morgan fingerprint density at radius 3 is 2.71 bits per heavy atom. The maximum Gasteiger partial charge on any atom is 0.298 e. The number of halogens is 2. The standard InChI is InChI=1S/C13H15F2N3O3/c1-13(4-2-3-10(13)16)12(19)17-11-8(15)5-7(14)6-9(11)18(20)21/h5-6,10H,2-4,16H2,1H3,(H,17,19). The van der Waals surface area contributed by atoms with Crippen molar-refractivity contribution in [2.45, 2.75) is 32.2 Å². The van der Waals surface area contributed by atoms with Crippen LogP contribution < -0.4 is 11.1 Å². The molecule has 1 aromatic carbocycles. The van der Waals surface area contributed by atoms with E-state index in [1.165, 1.54) is 0 Å². The molecule has 2 atom stereocenters. The van der Waals surface area contributed by atoms with Crippen LogP contribution in [-0.2, 0) is 4.79 Å². The molecule has 1 saturated carbocycles.